The number of halogens is 4. The van der Waals surface area contributed by atoms with Crippen molar-refractivity contribution in [2.75, 3.05) is 26.2 Å². The standard InChI is InChI=1S/C22H23ClF3N3O4/c1-27-16(19(32)28-9-6-22(25,26)7-10-28)14-4-8-29(18(31)15(14)17(30)20(27)33)12-21(24)5-2-3-13(23)11-21/h2-3,5,30H,4,6-12H2,1H3. The van der Waals surface area contributed by atoms with Gasteiger partial charge in [-0.15, -0.1) is 0 Å². The van der Waals surface area contributed by atoms with Crippen molar-refractivity contribution < 1.29 is 27.9 Å². The third-order valence-corrected chi connectivity index (χ3v) is 6.63. The average Bonchev–Trinajstić information content (AvgIpc) is 2.73. The highest BCUT2D eigenvalue weighted by molar-refractivity contribution is 6.29. The Balaban J connectivity index is 1.67. The lowest BCUT2D eigenvalue weighted by atomic mass is 9.92. The lowest BCUT2D eigenvalue weighted by Crippen LogP contribution is -2.49. The third-order valence-electron chi connectivity index (χ3n) is 6.37. The van der Waals surface area contributed by atoms with Gasteiger partial charge in [0.05, 0.1) is 12.1 Å². The van der Waals surface area contributed by atoms with Gasteiger partial charge in [0.1, 0.15) is 5.69 Å². The molecule has 1 N–H and O–H groups in total. The van der Waals surface area contributed by atoms with Gasteiger partial charge in [-0.05, 0) is 18.6 Å². The van der Waals surface area contributed by atoms with Crippen LogP contribution in [0.3, 0.4) is 0 Å². The minimum atomic E-state index is -2.86. The van der Waals surface area contributed by atoms with Gasteiger partial charge in [0, 0.05) is 56.5 Å². The lowest BCUT2D eigenvalue weighted by molar-refractivity contribution is -0.0495. The quantitative estimate of drug-likeness (QED) is 0.713. The van der Waals surface area contributed by atoms with E-state index in [9.17, 15) is 28.3 Å². The highest BCUT2D eigenvalue weighted by Crippen LogP contribution is 2.34. The summed E-state index contributed by atoms with van der Waals surface area (Å²) >= 11 is 5.94. The van der Waals surface area contributed by atoms with Crippen LogP contribution in [0.5, 0.6) is 5.75 Å². The molecule has 3 aliphatic rings. The first-order valence-corrected chi connectivity index (χ1v) is 10.9. The van der Waals surface area contributed by atoms with Crippen LogP contribution in [-0.4, -0.2) is 69.1 Å². The number of piperidine rings is 1. The molecule has 0 radical (unpaired) electrons. The Bertz CT molecular complexity index is 1140. The van der Waals surface area contributed by atoms with E-state index in [4.69, 9.17) is 11.6 Å². The van der Waals surface area contributed by atoms with E-state index in [1.807, 2.05) is 0 Å². The summed E-state index contributed by atoms with van der Waals surface area (Å²) in [4.78, 5) is 41.4. The molecule has 1 atom stereocenters. The molecule has 7 nitrogen and oxygen atoms in total. The fourth-order valence-electron chi connectivity index (χ4n) is 4.57. The average molecular weight is 486 g/mol. The number of aromatic nitrogens is 1. The molecule has 178 valence electrons. The van der Waals surface area contributed by atoms with Crippen LogP contribution >= 0.6 is 11.6 Å². The molecule has 1 aromatic rings. The molecule has 1 aromatic heterocycles. The zero-order valence-electron chi connectivity index (χ0n) is 17.9. The van der Waals surface area contributed by atoms with Crippen LogP contribution in [-0.2, 0) is 13.5 Å². The number of nitrogens with zero attached hydrogens (tertiary/aromatic N) is 3. The summed E-state index contributed by atoms with van der Waals surface area (Å²) in [6.07, 6.45) is 3.28. The van der Waals surface area contributed by atoms with Gasteiger partial charge in [-0.2, -0.15) is 0 Å². The van der Waals surface area contributed by atoms with Crippen LogP contribution in [0.25, 0.3) is 0 Å². The van der Waals surface area contributed by atoms with Crippen molar-refractivity contribution in [3.63, 3.8) is 0 Å². The van der Waals surface area contributed by atoms with E-state index >= 15 is 4.39 Å². The van der Waals surface area contributed by atoms with Gasteiger partial charge in [0.25, 0.3) is 23.3 Å². The molecule has 1 saturated heterocycles. The van der Waals surface area contributed by atoms with E-state index in [1.54, 1.807) is 6.08 Å². The van der Waals surface area contributed by atoms with Crippen LogP contribution in [0.2, 0.25) is 0 Å². The number of carbonyl (C=O) groups excluding carboxylic acids is 2. The maximum absolute atomic E-state index is 15.3. The largest absolute Gasteiger partial charge is 0.502 e. The van der Waals surface area contributed by atoms with Crippen LogP contribution in [0.15, 0.2) is 28.1 Å². The van der Waals surface area contributed by atoms with Crippen molar-refractivity contribution in [1.29, 1.82) is 0 Å². The second-order valence-electron chi connectivity index (χ2n) is 8.72. The maximum atomic E-state index is 15.3. The number of amides is 2. The summed E-state index contributed by atoms with van der Waals surface area (Å²) < 4.78 is 43.3. The minimum absolute atomic E-state index is 0.0443. The molecular weight excluding hydrogens is 463 g/mol. The number of rotatable bonds is 3. The summed E-state index contributed by atoms with van der Waals surface area (Å²) in [6, 6.07) is 0. The van der Waals surface area contributed by atoms with Gasteiger partial charge in [-0.3, -0.25) is 14.4 Å². The van der Waals surface area contributed by atoms with Crippen LogP contribution in [0.1, 0.15) is 45.7 Å². The third kappa shape index (κ3) is 4.28. The Morgan fingerprint density at radius 3 is 2.48 bits per heavy atom. The molecule has 0 aromatic carbocycles. The zero-order valence-corrected chi connectivity index (χ0v) is 18.7. The number of alkyl halides is 3. The van der Waals surface area contributed by atoms with Gasteiger partial charge in [-0.1, -0.05) is 17.7 Å². The molecular formula is C22H23ClF3N3O4. The number of carbonyl (C=O) groups is 2. The summed E-state index contributed by atoms with van der Waals surface area (Å²) in [6.45, 7) is -0.685. The van der Waals surface area contributed by atoms with Gasteiger partial charge >= 0.3 is 0 Å². The van der Waals surface area contributed by atoms with Crippen molar-refractivity contribution in [2.45, 2.75) is 37.3 Å². The SMILES string of the molecule is Cn1c(C(=O)N2CCC(F)(F)CC2)c2c(c(O)c1=O)C(=O)N(CC1(F)C=CC=C(Cl)C1)CC2. The van der Waals surface area contributed by atoms with E-state index in [-0.39, 0.29) is 55.8 Å². The van der Waals surface area contributed by atoms with Gasteiger partial charge in [0.15, 0.2) is 11.4 Å². The number of allylic oxidation sites excluding steroid dienone is 3. The van der Waals surface area contributed by atoms with Crippen LogP contribution < -0.4 is 5.56 Å². The number of pyridine rings is 1. The molecule has 2 amide bonds. The molecule has 4 rings (SSSR count). The molecule has 0 spiro atoms. The maximum Gasteiger partial charge on any atom is 0.293 e. The second kappa shape index (κ2) is 8.23. The van der Waals surface area contributed by atoms with Crippen molar-refractivity contribution in [2.24, 2.45) is 7.05 Å². The number of hydrogen-bond donors (Lipinski definition) is 1. The van der Waals surface area contributed by atoms with Crippen molar-refractivity contribution in [1.82, 2.24) is 14.4 Å². The van der Waals surface area contributed by atoms with Gasteiger partial charge in [0.2, 0.25) is 0 Å². The number of hydrogen-bond acceptors (Lipinski definition) is 4. The first-order chi connectivity index (χ1) is 15.4. The molecule has 2 aliphatic heterocycles. The summed E-state index contributed by atoms with van der Waals surface area (Å²) in [5.74, 6) is -5.12. The fourth-order valence-corrected chi connectivity index (χ4v) is 4.87. The first kappa shape index (κ1) is 23.4. The van der Waals surface area contributed by atoms with E-state index in [1.165, 1.54) is 29.0 Å². The van der Waals surface area contributed by atoms with E-state index in [0.717, 1.165) is 4.57 Å². The smallest absolute Gasteiger partial charge is 0.293 e. The predicted molar refractivity (Wildman–Crippen MR) is 115 cm³/mol. The monoisotopic (exact) mass is 485 g/mol. The number of aromatic hydroxyl groups is 1. The van der Waals surface area contributed by atoms with E-state index in [2.05, 4.69) is 0 Å². The molecule has 33 heavy (non-hydrogen) atoms. The summed E-state index contributed by atoms with van der Waals surface area (Å²) in [7, 11) is 1.28. The molecule has 0 saturated carbocycles. The predicted octanol–water partition coefficient (Wildman–Crippen LogP) is 2.75. The first-order valence-electron chi connectivity index (χ1n) is 10.6. The van der Waals surface area contributed by atoms with Crippen LogP contribution in [0.4, 0.5) is 13.2 Å². The highest BCUT2D eigenvalue weighted by atomic mass is 35.5. The van der Waals surface area contributed by atoms with Gasteiger partial charge in [-0.25, -0.2) is 13.2 Å². The number of likely N-dealkylation sites (tertiary alicyclic amines) is 1. The summed E-state index contributed by atoms with van der Waals surface area (Å²) in [5, 5.41) is 10.8. The topological polar surface area (TPSA) is 82.8 Å². The number of fused-ring (bicyclic) bond motifs is 1. The Kier molecular flexibility index (Phi) is 5.84. The van der Waals surface area contributed by atoms with E-state index in [0.29, 0.717) is 5.03 Å². The Morgan fingerprint density at radius 2 is 1.85 bits per heavy atom. The van der Waals surface area contributed by atoms with Crippen molar-refractivity contribution in [3.05, 3.63) is 50.4 Å². The molecule has 1 fully saturated rings. The normalized spacial score (nSPS) is 24.5. The second-order valence-corrected chi connectivity index (χ2v) is 9.21. The van der Waals surface area contributed by atoms with E-state index < -0.39 is 47.6 Å². The minimum Gasteiger partial charge on any atom is -0.502 e. The fraction of sp³-hybridized carbons (Fsp3) is 0.500. The lowest BCUT2D eigenvalue weighted by Gasteiger charge is -2.36. The Morgan fingerprint density at radius 1 is 1.18 bits per heavy atom. The highest BCUT2D eigenvalue weighted by Gasteiger charge is 2.41. The Labute approximate surface area is 192 Å². The zero-order chi connectivity index (χ0) is 24.1. The molecule has 11 heteroatoms. The molecule has 0 bridgehead atoms. The Hall–Kier alpha value is -2.75. The van der Waals surface area contributed by atoms with Crippen molar-refractivity contribution in [3.8, 4) is 5.75 Å². The molecule has 1 unspecified atom stereocenters. The van der Waals surface area contributed by atoms with Gasteiger partial charge < -0.3 is 19.5 Å². The molecule has 3 heterocycles. The summed E-state index contributed by atoms with van der Waals surface area (Å²) in [5.41, 5.74) is -3.19. The van der Waals surface area contributed by atoms with Crippen molar-refractivity contribution >= 4 is 23.4 Å². The van der Waals surface area contributed by atoms with Crippen LogP contribution in [0, 0.1) is 0 Å². The molecule has 1 aliphatic carbocycles.